The van der Waals surface area contributed by atoms with Gasteiger partial charge in [-0.25, -0.2) is 0 Å². The Kier molecular flexibility index (Phi) is 4.79. The molecular weight excluding hydrogens is 208 g/mol. The van der Waals surface area contributed by atoms with Crippen molar-refractivity contribution in [3.05, 3.63) is 29.8 Å². The number of carbonyl (C=O) groups is 1. The highest BCUT2D eigenvalue weighted by atomic mass is 16.5. The quantitative estimate of drug-likeness (QED) is 0.766. The zero-order valence-electron chi connectivity index (χ0n) is 9.47. The fraction of sp³-hybridized carbons (Fsp3) is 0.417. The summed E-state index contributed by atoms with van der Waals surface area (Å²) in [5.41, 5.74) is 1.09. The summed E-state index contributed by atoms with van der Waals surface area (Å²) in [6.45, 7) is 3.33. The molecule has 16 heavy (non-hydrogen) atoms. The minimum absolute atomic E-state index is 0.0405. The lowest BCUT2D eigenvalue weighted by molar-refractivity contribution is -0.144. The van der Waals surface area contributed by atoms with E-state index in [1.54, 1.807) is 0 Å². The predicted octanol–water partition coefficient (Wildman–Crippen LogP) is 1.30. The SMILES string of the molecule is CC(=O)OC[C@@H](O)COc1cccc(C)c1. The Balaban J connectivity index is 2.31. The lowest BCUT2D eigenvalue weighted by atomic mass is 10.2. The van der Waals surface area contributed by atoms with Crippen LogP contribution in [0.2, 0.25) is 0 Å². The van der Waals surface area contributed by atoms with Gasteiger partial charge in [-0.05, 0) is 24.6 Å². The van der Waals surface area contributed by atoms with Crippen molar-refractivity contribution in [2.75, 3.05) is 13.2 Å². The third-order valence-corrected chi connectivity index (χ3v) is 1.91. The zero-order chi connectivity index (χ0) is 12.0. The average Bonchev–Trinajstić information content (AvgIpc) is 2.23. The van der Waals surface area contributed by atoms with Gasteiger partial charge in [0.25, 0.3) is 0 Å². The van der Waals surface area contributed by atoms with Crippen LogP contribution in [0.1, 0.15) is 12.5 Å². The van der Waals surface area contributed by atoms with Gasteiger partial charge in [0.2, 0.25) is 0 Å². The molecule has 4 nitrogen and oxygen atoms in total. The van der Waals surface area contributed by atoms with Crippen molar-refractivity contribution in [2.24, 2.45) is 0 Å². The van der Waals surface area contributed by atoms with Gasteiger partial charge in [-0.1, -0.05) is 12.1 Å². The van der Waals surface area contributed by atoms with Gasteiger partial charge in [0.05, 0.1) is 0 Å². The van der Waals surface area contributed by atoms with Crippen molar-refractivity contribution in [2.45, 2.75) is 20.0 Å². The second-order valence-corrected chi connectivity index (χ2v) is 3.58. The Bertz CT molecular complexity index is 349. The molecule has 0 aliphatic rings. The number of esters is 1. The van der Waals surface area contributed by atoms with Crippen molar-refractivity contribution in [1.29, 1.82) is 0 Å². The molecule has 0 fully saturated rings. The molecule has 0 radical (unpaired) electrons. The van der Waals surface area contributed by atoms with E-state index in [-0.39, 0.29) is 13.2 Å². The molecule has 0 heterocycles. The van der Waals surface area contributed by atoms with Crippen molar-refractivity contribution >= 4 is 5.97 Å². The summed E-state index contributed by atoms with van der Waals surface area (Å²) in [6, 6.07) is 7.52. The molecule has 0 saturated heterocycles. The molecule has 1 aromatic carbocycles. The van der Waals surface area contributed by atoms with E-state index in [2.05, 4.69) is 4.74 Å². The topological polar surface area (TPSA) is 55.8 Å². The van der Waals surface area contributed by atoms with Gasteiger partial charge < -0.3 is 14.6 Å². The predicted molar refractivity (Wildman–Crippen MR) is 59.3 cm³/mol. The molecule has 1 aromatic rings. The molecule has 0 bridgehead atoms. The van der Waals surface area contributed by atoms with Crippen molar-refractivity contribution in [3.8, 4) is 5.75 Å². The fourth-order valence-electron chi connectivity index (χ4n) is 1.16. The Hall–Kier alpha value is -1.55. The second-order valence-electron chi connectivity index (χ2n) is 3.58. The van der Waals surface area contributed by atoms with E-state index < -0.39 is 12.1 Å². The minimum Gasteiger partial charge on any atom is -0.491 e. The molecule has 4 heteroatoms. The highest BCUT2D eigenvalue weighted by molar-refractivity contribution is 5.65. The summed E-state index contributed by atoms with van der Waals surface area (Å²) in [5.74, 6) is 0.288. The fourth-order valence-corrected chi connectivity index (χ4v) is 1.16. The molecule has 0 aliphatic carbocycles. The first-order valence-corrected chi connectivity index (χ1v) is 5.09. The normalized spacial score (nSPS) is 11.9. The maximum atomic E-state index is 10.5. The molecule has 0 unspecified atom stereocenters. The molecule has 1 rings (SSSR count). The number of ether oxygens (including phenoxy) is 2. The van der Waals surface area contributed by atoms with Crippen LogP contribution in [0.3, 0.4) is 0 Å². The lowest BCUT2D eigenvalue weighted by Gasteiger charge is -2.12. The highest BCUT2D eigenvalue weighted by Gasteiger charge is 2.07. The van der Waals surface area contributed by atoms with E-state index in [0.717, 1.165) is 5.56 Å². The van der Waals surface area contributed by atoms with Crippen LogP contribution in [-0.2, 0) is 9.53 Å². The summed E-state index contributed by atoms with van der Waals surface area (Å²) in [4.78, 5) is 10.5. The summed E-state index contributed by atoms with van der Waals surface area (Å²) in [5, 5.41) is 9.43. The minimum atomic E-state index is -0.801. The van der Waals surface area contributed by atoms with Crippen LogP contribution in [-0.4, -0.2) is 30.4 Å². The number of hydrogen-bond donors (Lipinski definition) is 1. The van der Waals surface area contributed by atoms with Gasteiger partial charge in [-0.3, -0.25) is 4.79 Å². The van der Waals surface area contributed by atoms with Crippen LogP contribution in [0.4, 0.5) is 0 Å². The van der Waals surface area contributed by atoms with Gasteiger partial charge in [-0.15, -0.1) is 0 Å². The zero-order valence-corrected chi connectivity index (χ0v) is 9.47. The smallest absolute Gasteiger partial charge is 0.302 e. The summed E-state index contributed by atoms with van der Waals surface area (Å²) in [6.07, 6.45) is -0.801. The molecule has 0 aliphatic heterocycles. The molecule has 88 valence electrons. The van der Waals surface area contributed by atoms with Crippen LogP contribution in [0.5, 0.6) is 5.75 Å². The van der Waals surface area contributed by atoms with Gasteiger partial charge in [0, 0.05) is 6.92 Å². The Morgan fingerprint density at radius 3 is 2.81 bits per heavy atom. The van der Waals surface area contributed by atoms with Crippen molar-refractivity contribution in [3.63, 3.8) is 0 Å². The number of aliphatic hydroxyl groups excluding tert-OH is 1. The van der Waals surface area contributed by atoms with Crippen LogP contribution >= 0.6 is 0 Å². The molecular formula is C12H16O4. The third-order valence-electron chi connectivity index (χ3n) is 1.91. The number of benzene rings is 1. The van der Waals surface area contributed by atoms with Crippen molar-refractivity contribution < 1.29 is 19.4 Å². The standard InChI is InChI=1S/C12H16O4/c1-9-4-3-5-12(6-9)16-8-11(14)7-15-10(2)13/h3-6,11,14H,7-8H2,1-2H3/t11-/m1/s1. The first kappa shape index (κ1) is 12.5. The van der Waals surface area contributed by atoms with E-state index in [0.29, 0.717) is 5.75 Å². The molecule has 0 aromatic heterocycles. The lowest BCUT2D eigenvalue weighted by Crippen LogP contribution is -2.24. The van der Waals surface area contributed by atoms with Crippen LogP contribution in [0.25, 0.3) is 0 Å². The first-order chi connectivity index (χ1) is 7.58. The van der Waals surface area contributed by atoms with Gasteiger partial charge in [0.1, 0.15) is 25.1 Å². The number of aryl methyl sites for hydroxylation is 1. The maximum Gasteiger partial charge on any atom is 0.302 e. The summed E-state index contributed by atoms with van der Waals surface area (Å²) in [7, 11) is 0. The molecule has 1 atom stereocenters. The molecule has 0 spiro atoms. The molecule has 0 saturated carbocycles. The number of aliphatic hydroxyl groups is 1. The Morgan fingerprint density at radius 1 is 1.44 bits per heavy atom. The van der Waals surface area contributed by atoms with E-state index in [1.165, 1.54) is 6.92 Å². The van der Waals surface area contributed by atoms with Crippen molar-refractivity contribution in [1.82, 2.24) is 0 Å². The van der Waals surface area contributed by atoms with E-state index in [9.17, 15) is 9.90 Å². The van der Waals surface area contributed by atoms with Gasteiger partial charge >= 0.3 is 5.97 Å². The molecule has 0 amide bonds. The number of hydrogen-bond acceptors (Lipinski definition) is 4. The monoisotopic (exact) mass is 224 g/mol. The highest BCUT2D eigenvalue weighted by Crippen LogP contribution is 2.12. The largest absolute Gasteiger partial charge is 0.491 e. The van der Waals surface area contributed by atoms with Crippen LogP contribution < -0.4 is 4.74 Å². The van der Waals surface area contributed by atoms with Crippen LogP contribution in [0, 0.1) is 6.92 Å². The van der Waals surface area contributed by atoms with Gasteiger partial charge in [0.15, 0.2) is 0 Å². The van der Waals surface area contributed by atoms with E-state index >= 15 is 0 Å². The first-order valence-electron chi connectivity index (χ1n) is 5.09. The maximum absolute atomic E-state index is 10.5. The molecule has 1 N–H and O–H groups in total. The van der Waals surface area contributed by atoms with Crippen LogP contribution in [0.15, 0.2) is 24.3 Å². The Labute approximate surface area is 94.8 Å². The summed E-state index contributed by atoms with van der Waals surface area (Å²) < 4.78 is 9.99. The summed E-state index contributed by atoms with van der Waals surface area (Å²) >= 11 is 0. The third kappa shape index (κ3) is 4.79. The van der Waals surface area contributed by atoms with Gasteiger partial charge in [-0.2, -0.15) is 0 Å². The second kappa shape index (κ2) is 6.12. The van der Waals surface area contributed by atoms with E-state index in [4.69, 9.17) is 4.74 Å². The van der Waals surface area contributed by atoms with E-state index in [1.807, 2.05) is 31.2 Å². The number of carbonyl (C=O) groups excluding carboxylic acids is 1. The average molecular weight is 224 g/mol. The number of rotatable bonds is 5. The Morgan fingerprint density at radius 2 is 2.19 bits per heavy atom.